The zero-order valence-electron chi connectivity index (χ0n) is 9.46. The van der Waals surface area contributed by atoms with Gasteiger partial charge >= 0.3 is 0 Å². The maximum Gasteiger partial charge on any atom is 0.246 e. The zero-order chi connectivity index (χ0) is 13.6. The third kappa shape index (κ3) is 4.61. The zero-order valence-corrected chi connectivity index (χ0v) is 9.46. The fraction of sp³-hybridized carbons (Fsp3) is 0.600. The van der Waals surface area contributed by atoms with Gasteiger partial charge in [0.2, 0.25) is 5.91 Å². The molecule has 0 bridgehead atoms. The Morgan fingerprint density at radius 3 is 2.18 bits per heavy atom. The molecular formula is C10H17NO6. The molecule has 0 aliphatic heterocycles. The van der Waals surface area contributed by atoms with Crippen LogP contribution in [0.25, 0.3) is 0 Å². The summed E-state index contributed by atoms with van der Waals surface area (Å²) in [5, 5.41) is 38.1. The van der Waals surface area contributed by atoms with Crippen LogP contribution >= 0.6 is 0 Å². The molecule has 0 aliphatic rings. The van der Waals surface area contributed by atoms with Crippen LogP contribution in [-0.2, 0) is 9.59 Å². The van der Waals surface area contributed by atoms with E-state index in [2.05, 4.69) is 11.9 Å². The second kappa shape index (κ2) is 7.13. The lowest BCUT2D eigenvalue weighted by Gasteiger charge is -2.25. The van der Waals surface area contributed by atoms with Crippen molar-refractivity contribution >= 4 is 11.7 Å². The molecule has 5 N–H and O–H groups in total. The summed E-state index contributed by atoms with van der Waals surface area (Å²) in [5.41, 5.74) is 0.103. The van der Waals surface area contributed by atoms with Gasteiger partial charge in [0.25, 0.3) is 0 Å². The molecule has 0 aliphatic carbocycles. The number of aliphatic hydroxyl groups is 4. The minimum absolute atomic E-state index is 0.103. The van der Waals surface area contributed by atoms with Crippen LogP contribution in [0.3, 0.4) is 0 Å². The third-order valence-electron chi connectivity index (χ3n) is 2.10. The van der Waals surface area contributed by atoms with Crippen molar-refractivity contribution in [2.24, 2.45) is 0 Å². The number of carbonyl (C=O) groups excluding carboxylic acids is 2. The highest BCUT2D eigenvalue weighted by molar-refractivity contribution is 5.97. The van der Waals surface area contributed by atoms with Crippen molar-refractivity contribution in [1.82, 2.24) is 5.32 Å². The van der Waals surface area contributed by atoms with E-state index in [1.54, 1.807) is 0 Å². The van der Waals surface area contributed by atoms with Crippen LogP contribution in [0.1, 0.15) is 6.92 Å². The summed E-state index contributed by atoms with van der Waals surface area (Å²) in [6.45, 7) is 3.05. The molecule has 0 saturated heterocycles. The second-order valence-corrected chi connectivity index (χ2v) is 3.60. The molecule has 0 heterocycles. The lowest BCUT2D eigenvalue weighted by Crippen LogP contribution is -2.54. The van der Waals surface area contributed by atoms with E-state index in [1.165, 1.54) is 6.92 Å². The summed E-state index contributed by atoms with van der Waals surface area (Å²) in [5.74, 6) is -1.57. The number of rotatable bonds is 7. The fourth-order valence-electron chi connectivity index (χ4n) is 1.05. The standard InChI is InChI=1S/C10H17NO6/c1-5(2)10(17)11-8(6(14)3-12)9(16)7(15)4-13/h7-9,12-13,15-16H,1,3-4H2,2H3,(H,11,17)/t7-,8-,9-/m1/s1. The number of aliphatic hydroxyl groups excluding tert-OH is 4. The van der Waals surface area contributed by atoms with Crippen LogP contribution in [0, 0.1) is 0 Å². The summed E-state index contributed by atoms with van der Waals surface area (Å²) in [6.07, 6.45) is -3.30. The van der Waals surface area contributed by atoms with Gasteiger partial charge in [0.15, 0.2) is 5.78 Å². The van der Waals surface area contributed by atoms with Crippen molar-refractivity contribution in [3.63, 3.8) is 0 Å². The minimum Gasteiger partial charge on any atom is -0.394 e. The number of carbonyl (C=O) groups is 2. The largest absolute Gasteiger partial charge is 0.394 e. The molecule has 0 saturated carbocycles. The summed E-state index contributed by atoms with van der Waals surface area (Å²) in [7, 11) is 0. The summed E-state index contributed by atoms with van der Waals surface area (Å²) in [4.78, 5) is 22.6. The first-order valence-corrected chi connectivity index (χ1v) is 4.92. The highest BCUT2D eigenvalue weighted by Crippen LogP contribution is 2.03. The molecule has 0 radical (unpaired) electrons. The SMILES string of the molecule is C=C(C)C(=O)N[C@H](C(=O)CO)[C@H](O)[C@H](O)CO. The van der Waals surface area contributed by atoms with E-state index in [9.17, 15) is 19.8 Å². The predicted octanol–water partition coefficient (Wildman–Crippen LogP) is -2.68. The van der Waals surface area contributed by atoms with Gasteiger partial charge in [-0.15, -0.1) is 0 Å². The highest BCUT2D eigenvalue weighted by atomic mass is 16.4. The Morgan fingerprint density at radius 2 is 1.82 bits per heavy atom. The van der Waals surface area contributed by atoms with Crippen LogP contribution in [0.2, 0.25) is 0 Å². The molecule has 0 aromatic heterocycles. The number of nitrogens with one attached hydrogen (secondary N) is 1. The van der Waals surface area contributed by atoms with Crippen LogP contribution in [0.15, 0.2) is 12.2 Å². The van der Waals surface area contributed by atoms with Gasteiger partial charge in [0.05, 0.1) is 6.61 Å². The van der Waals surface area contributed by atoms with E-state index >= 15 is 0 Å². The molecule has 0 aromatic carbocycles. The van der Waals surface area contributed by atoms with Crippen molar-refractivity contribution in [2.75, 3.05) is 13.2 Å². The second-order valence-electron chi connectivity index (χ2n) is 3.60. The molecule has 17 heavy (non-hydrogen) atoms. The van der Waals surface area contributed by atoms with Crippen LogP contribution in [0.5, 0.6) is 0 Å². The van der Waals surface area contributed by atoms with Crippen molar-refractivity contribution in [1.29, 1.82) is 0 Å². The van der Waals surface area contributed by atoms with Crippen LogP contribution in [-0.4, -0.2) is 63.6 Å². The first-order chi connectivity index (χ1) is 7.84. The van der Waals surface area contributed by atoms with Gasteiger partial charge in [-0.25, -0.2) is 0 Å². The van der Waals surface area contributed by atoms with Crippen molar-refractivity contribution in [2.45, 2.75) is 25.2 Å². The van der Waals surface area contributed by atoms with Gasteiger partial charge in [-0.1, -0.05) is 6.58 Å². The van der Waals surface area contributed by atoms with E-state index in [4.69, 9.17) is 10.2 Å². The highest BCUT2D eigenvalue weighted by Gasteiger charge is 2.32. The number of ketones is 1. The Morgan fingerprint density at radius 1 is 1.29 bits per heavy atom. The lowest BCUT2D eigenvalue weighted by molar-refractivity contribution is -0.134. The molecule has 7 heteroatoms. The average Bonchev–Trinajstić information content (AvgIpc) is 2.32. The molecule has 0 fully saturated rings. The van der Waals surface area contributed by atoms with Gasteiger partial charge in [0.1, 0.15) is 24.9 Å². The predicted molar refractivity (Wildman–Crippen MR) is 57.9 cm³/mol. The molecule has 0 aromatic rings. The molecule has 0 spiro atoms. The van der Waals surface area contributed by atoms with E-state index in [1.807, 2.05) is 0 Å². The van der Waals surface area contributed by atoms with Gasteiger partial charge in [0, 0.05) is 5.57 Å². The van der Waals surface area contributed by atoms with Gasteiger partial charge in [-0.3, -0.25) is 9.59 Å². The van der Waals surface area contributed by atoms with E-state index in [0.717, 1.165) is 0 Å². The Kier molecular flexibility index (Phi) is 6.59. The van der Waals surface area contributed by atoms with Crippen molar-refractivity contribution in [3.05, 3.63) is 12.2 Å². The first-order valence-electron chi connectivity index (χ1n) is 4.92. The smallest absolute Gasteiger partial charge is 0.246 e. The normalized spacial score (nSPS) is 15.8. The van der Waals surface area contributed by atoms with Gasteiger partial charge in [-0.2, -0.15) is 0 Å². The first kappa shape index (κ1) is 15.7. The number of Topliss-reactive ketones (excluding diaryl/α,β-unsaturated/α-hetero) is 1. The molecule has 3 atom stereocenters. The third-order valence-corrected chi connectivity index (χ3v) is 2.10. The maximum absolute atomic E-state index is 11.3. The Hall–Kier alpha value is -1.28. The molecule has 1 amide bonds. The van der Waals surface area contributed by atoms with E-state index in [-0.39, 0.29) is 5.57 Å². The summed E-state index contributed by atoms with van der Waals surface area (Å²) in [6, 6.07) is -1.49. The van der Waals surface area contributed by atoms with Crippen LogP contribution in [0.4, 0.5) is 0 Å². The Bertz CT molecular complexity index is 303. The van der Waals surface area contributed by atoms with Crippen molar-refractivity contribution < 1.29 is 30.0 Å². The quantitative estimate of drug-likeness (QED) is 0.312. The average molecular weight is 247 g/mol. The number of amides is 1. The molecule has 98 valence electrons. The van der Waals surface area contributed by atoms with Gasteiger partial charge in [-0.05, 0) is 6.92 Å². The summed E-state index contributed by atoms with van der Waals surface area (Å²) >= 11 is 0. The molecule has 7 nitrogen and oxygen atoms in total. The number of hydrogen-bond donors (Lipinski definition) is 5. The molecular weight excluding hydrogens is 230 g/mol. The Balaban J connectivity index is 4.82. The van der Waals surface area contributed by atoms with E-state index in [0.29, 0.717) is 0 Å². The maximum atomic E-state index is 11.3. The Labute approximate surface area is 98.4 Å². The molecule has 0 unspecified atom stereocenters. The van der Waals surface area contributed by atoms with Gasteiger partial charge < -0.3 is 25.7 Å². The minimum atomic E-state index is -1.71. The van der Waals surface area contributed by atoms with E-state index < -0.39 is 43.2 Å². The summed E-state index contributed by atoms with van der Waals surface area (Å²) < 4.78 is 0. The monoisotopic (exact) mass is 247 g/mol. The number of hydrogen-bond acceptors (Lipinski definition) is 6. The van der Waals surface area contributed by atoms with Crippen LogP contribution < -0.4 is 5.32 Å². The topological polar surface area (TPSA) is 127 Å². The lowest BCUT2D eigenvalue weighted by atomic mass is 10.0. The fourth-order valence-corrected chi connectivity index (χ4v) is 1.05. The molecule has 0 rings (SSSR count). The van der Waals surface area contributed by atoms with Crippen molar-refractivity contribution in [3.8, 4) is 0 Å².